The standard InChI is InChI=1S/C11H19NS2/c1-12-14-10-6-5-9-4-2-3-7-11(9,13)8-10/h6,9,12-13H,2-5,7-8H2,1H3/t9-,11-/m0/s1. The van der Waals surface area contributed by atoms with Crippen LogP contribution in [0.3, 0.4) is 0 Å². The third-order valence-electron chi connectivity index (χ3n) is 3.52. The van der Waals surface area contributed by atoms with Gasteiger partial charge in [0.25, 0.3) is 0 Å². The Labute approximate surface area is 96.7 Å². The minimum atomic E-state index is 0.312. The lowest BCUT2D eigenvalue weighted by molar-refractivity contribution is 0.267. The van der Waals surface area contributed by atoms with Crippen LogP contribution in [0.1, 0.15) is 38.5 Å². The molecule has 1 saturated carbocycles. The second-order valence-corrected chi connectivity index (χ2v) is 6.46. The van der Waals surface area contributed by atoms with Crippen LogP contribution in [0.15, 0.2) is 11.0 Å². The van der Waals surface area contributed by atoms with E-state index < -0.39 is 0 Å². The summed E-state index contributed by atoms with van der Waals surface area (Å²) in [7, 11) is 1.99. The third-order valence-corrected chi connectivity index (χ3v) is 5.04. The van der Waals surface area contributed by atoms with Crippen molar-refractivity contribution in [2.24, 2.45) is 5.92 Å². The van der Waals surface area contributed by atoms with Gasteiger partial charge in [-0.05, 0) is 43.6 Å². The van der Waals surface area contributed by atoms with Crippen molar-refractivity contribution < 1.29 is 0 Å². The number of allylic oxidation sites excluding steroid dienone is 2. The molecule has 2 rings (SSSR count). The molecule has 0 saturated heterocycles. The molecule has 0 aromatic heterocycles. The van der Waals surface area contributed by atoms with E-state index in [1.807, 2.05) is 7.05 Å². The molecular formula is C11H19NS2. The minimum Gasteiger partial charge on any atom is -0.263 e. The van der Waals surface area contributed by atoms with Crippen LogP contribution in [0.25, 0.3) is 0 Å². The number of hydrogen-bond donors (Lipinski definition) is 2. The zero-order valence-corrected chi connectivity index (χ0v) is 10.5. The average molecular weight is 229 g/mol. The van der Waals surface area contributed by atoms with Gasteiger partial charge in [0.1, 0.15) is 0 Å². The van der Waals surface area contributed by atoms with Crippen LogP contribution in [-0.4, -0.2) is 11.8 Å². The smallest absolute Gasteiger partial charge is 0.0206 e. The highest BCUT2D eigenvalue weighted by Gasteiger charge is 2.39. The first-order chi connectivity index (χ1) is 6.74. The van der Waals surface area contributed by atoms with Crippen LogP contribution in [0.5, 0.6) is 0 Å². The van der Waals surface area contributed by atoms with Gasteiger partial charge in [-0.25, -0.2) is 0 Å². The molecule has 14 heavy (non-hydrogen) atoms. The SMILES string of the molecule is CNSC1=CC[C@@H]2CCCC[C@]2(S)C1. The van der Waals surface area contributed by atoms with Gasteiger partial charge in [-0.3, -0.25) is 4.72 Å². The van der Waals surface area contributed by atoms with Gasteiger partial charge in [-0.1, -0.05) is 30.9 Å². The fourth-order valence-electron chi connectivity index (χ4n) is 2.72. The first-order valence-electron chi connectivity index (χ1n) is 5.49. The number of hydrogen-bond acceptors (Lipinski definition) is 3. The van der Waals surface area contributed by atoms with E-state index in [2.05, 4.69) is 10.8 Å². The van der Waals surface area contributed by atoms with Crippen molar-refractivity contribution in [3.8, 4) is 0 Å². The van der Waals surface area contributed by atoms with Gasteiger partial charge in [0.05, 0.1) is 0 Å². The Morgan fingerprint density at radius 3 is 3.21 bits per heavy atom. The van der Waals surface area contributed by atoms with Crippen LogP contribution >= 0.6 is 24.6 Å². The monoisotopic (exact) mass is 229 g/mol. The summed E-state index contributed by atoms with van der Waals surface area (Å²) < 4.78 is 3.48. The Bertz CT molecular complexity index is 239. The first-order valence-corrected chi connectivity index (χ1v) is 6.76. The normalized spacial score (nSPS) is 37.6. The van der Waals surface area contributed by atoms with E-state index in [0.717, 1.165) is 5.92 Å². The molecule has 1 nitrogen and oxygen atoms in total. The molecule has 80 valence electrons. The van der Waals surface area contributed by atoms with Crippen LogP contribution in [0.2, 0.25) is 0 Å². The van der Waals surface area contributed by atoms with Crippen molar-refractivity contribution in [2.45, 2.75) is 43.3 Å². The van der Waals surface area contributed by atoms with E-state index in [0.29, 0.717) is 4.75 Å². The molecule has 0 radical (unpaired) electrons. The molecule has 0 aromatic rings. The summed E-state index contributed by atoms with van der Waals surface area (Å²) in [5.74, 6) is 0.834. The van der Waals surface area contributed by atoms with Crippen LogP contribution in [-0.2, 0) is 0 Å². The van der Waals surface area contributed by atoms with Crippen molar-refractivity contribution in [3.05, 3.63) is 11.0 Å². The second kappa shape index (κ2) is 4.50. The summed E-state index contributed by atoms with van der Waals surface area (Å²) in [4.78, 5) is 1.49. The van der Waals surface area contributed by atoms with Gasteiger partial charge in [-0.2, -0.15) is 12.6 Å². The summed E-state index contributed by atoms with van der Waals surface area (Å²) in [6.07, 6.45) is 10.3. The van der Waals surface area contributed by atoms with Crippen molar-refractivity contribution >= 4 is 24.6 Å². The van der Waals surface area contributed by atoms with Crippen molar-refractivity contribution in [1.29, 1.82) is 0 Å². The van der Waals surface area contributed by atoms with Gasteiger partial charge >= 0.3 is 0 Å². The highest BCUT2D eigenvalue weighted by Crippen LogP contribution is 2.49. The van der Waals surface area contributed by atoms with E-state index in [1.165, 1.54) is 43.4 Å². The summed E-state index contributed by atoms with van der Waals surface area (Å²) in [5.41, 5.74) is 0. The van der Waals surface area contributed by atoms with Gasteiger partial charge in [-0.15, -0.1) is 0 Å². The largest absolute Gasteiger partial charge is 0.263 e. The Morgan fingerprint density at radius 1 is 1.57 bits per heavy atom. The molecule has 1 N–H and O–H groups in total. The molecule has 0 unspecified atom stereocenters. The molecule has 2 aliphatic rings. The number of nitrogens with one attached hydrogen (secondary N) is 1. The van der Waals surface area contributed by atoms with E-state index >= 15 is 0 Å². The van der Waals surface area contributed by atoms with Crippen molar-refractivity contribution in [2.75, 3.05) is 7.05 Å². The zero-order chi connectivity index (χ0) is 10.0. The number of fused-ring (bicyclic) bond motifs is 1. The molecule has 0 aromatic carbocycles. The van der Waals surface area contributed by atoms with E-state index in [1.54, 1.807) is 11.9 Å². The Morgan fingerprint density at radius 2 is 2.43 bits per heavy atom. The maximum atomic E-state index is 4.95. The number of rotatable bonds is 2. The van der Waals surface area contributed by atoms with Gasteiger partial charge in [0.2, 0.25) is 0 Å². The maximum absolute atomic E-state index is 4.95. The molecule has 0 amide bonds. The maximum Gasteiger partial charge on any atom is 0.0206 e. The molecular weight excluding hydrogens is 210 g/mol. The summed E-state index contributed by atoms with van der Waals surface area (Å²) in [5, 5.41) is 0. The molecule has 0 bridgehead atoms. The lowest BCUT2D eigenvalue weighted by atomic mass is 9.72. The quantitative estimate of drug-likeness (QED) is 0.556. The summed E-state index contributed by atoms with van der Waals surface area (Å²) >= 11 is 6.72. The van der Waals surface area contributed by atoms with Crippen molar-refractivity contribution in [1.82, 2.24) is 4.72 Å². The summed E-state index contributed by atoms with van der Waals surface area (Å²) in [6.45, 7) is 0. The predicted molar refractivity (Wildman–Crippen MR) is 67.6 cm³/mol. The Hall–Kier alpha value is 0.400. The third kappa shape index (κ3) is 2.15. The lowest BCUT2D eigenvalue weighted by Gasteiger charge is -2.43. The highest BCUT2D eigenvalue weighted by atomic mass is 32.2. The van der Waals surface area contributed by atoms with E-state index in [4.69, 9.17) is 12.6 Å². The Kier molecular flexibility index (Phi) is 3.50. The highest BCUT2D eigenvalue weighted by molar-refractivity contribution is 8.01. The first kappa shape index (κ1) is 10.9. The molecule has 0 aliphatic heterocycles. The zero-order valence-electron chi connectivity index (χ0n) is 8.75. The van der Waals surface area contributed by atoms with Gasteiger partial charge in [0.15, 0.2) is 0 Å². The van der Waals surface area contributed by atoms with E-state index in [-0.39, 0.29) is 0 Å². The van der Waals surface area contributed by atoms with Gasteiger partial charge in [0, 0.05) is 4.75 Å². The summed E-state index contributed by atoms with van der Waals surface area (Å²) in [6, 6.07) is 0. The van der Waals surface area contributed by atoms with Gasteiger partial charge < -0.3 is 0 Å². The fourth-order valence-corrected chi connectivity index (χ4v) is 4.16. The molecule has 0 spiro atoms. The predicted octanol–water partition coefficient (Wildman–Crippen LogP) is 3.39. The Balaban J connectivity index is 2.06. The topological polar surface area (TPSA) is 12.0 Å². The van der Waals surface area contributed by atoms with Crippen molar-refractivity contribution in [3.63, 3.8) is 0 Å². The minimum absolute atomic E-state index is 0.312. The number of thiol groups is 1. The molecule has 2 aliphatic carbocycles. The van der Waals surface area contributed by atoms with Crippen LogP contribution < -0.4 is 4.72 Å². The molecule has 0 heterocycles. The average Bonchev–Trinajstić information content (AvgIpc) is 2.17. The molecule has 1 fully saturated rings. The lowest BCUT2D eigenvalue weighted by Crippen LogP contribution is -2.37. The fraction of sp³-hybridized carbons (Fsp3) is 0.818. The molecule has 3 heteroatoms. The second-order valence-electron chi connectivity index (χ2n) is 4.44. The van der Waals surface area contributed by atoms with Crippen LogP contribution in [0.4, 0.5) is 0 Å². The van der Waals surface area contributed by atoms with Crippen LogP contribution in [0, 0.1) is 5.92 Å². The molecule has 2 atom stereocenters. The van der Waals surface area contributed by atoms with E-state index in [9.17, 15) is 0 Å².